The van der Waals surface area contributed by atoms with Gasteiger partial charge in [0.25, 0.3) is 0 Å². The van der Waals surface area contributed by atoms with Crippen LogP contribution >= 0.6 is 11.6 Å². The SMILES string of the molecule is Cc1cc(C)c(N2CCN(C(=O)Nc3cccc(Cl)c3)CC2)c(C)c1. The Labute approximate surface area is 154 Å². The van der Waals surface area contributed by atoms with Crippen molar-refractivity contribution < 1.29 is 4.79 Å². The molecule has 2 aromatic rings. The topological polar surface area (TPSA) is 35.6 Å². The minimum Gasteiger partial charge on any atom is -0.368 e. The molecule has 1 heterocycles. The van der Waals surface area contributed by atoms with Gasteiger partial charge in [-0.25, -0.2) is 4.79 Å². The van der Waals surface area contributed by atoms with Crippen LogP contribution < -0.4 is 10.2 Å². The molecule has 2 amide bonds. The van der Waals surface area contributed by atoms with Crippen LogP contribution in [-0.4, -0.2) is 37.1 Å². The number of halogens is 1. The molecule has 4 nitrogen and oxygen atoms in total. The summed E-state index contributed by atoms with van der Waals surface area (Å²) in [6.07, 6.45) is 0. The molecule has 3 rings (SSSR count). The fourth-order valence-electron chi connectivity index (χ4n) is 3.57. The summed E-state index contributed by atoms with van der Waals surface area (Å²) in [7, 11) is 0. The number of hydrogen-bond acceptors (Lipinski definition) is 2. The third kappa shape index (κ3) is 4.07. The summed E-state index contributed by atoms with van der Waals surface area (Å²) in [6.45, 7) is 9.54. The number of nitrogens with one attached hydrogen (secondary N) is 1. The zero-order valence-corrected chi connectivity index (χ0v) is 15.7. The molecule has 0 radical (unpaired) electrons. The Balaban J connectivity index is 1.63. The number of anilines is 2. The van der Waals surface area contributed by atoms with Gasteiger partial charge in [0.15, 0.2) is 0 Å². The summed E-state index contributed by atoms with van der Waals surface area (Å²) < 4.78 is 0. The standard InChI is InChI=1S/C20H24ClN3O/c1-14-11-15(2)19(16(3)12-14)23-7-9-24(10-8-23)20(25)22-18-6-4-5-17(21)13-18/h4-6,11-13H,7-10H2,1-3H3,(H,22,25). The normalized spacial score (nSPS) is 14.6. The largest absolute Gasteiger partial charge is 0.368 e. The molecule has 1 aliphatic rings. The van der Waals surface area contributed by atoms with Crippen LogP contribution in [0.3, 0.4) is 0 Å². The Hall–Kier alpha value is -2.20. The van der Waals surface area contributed by atoms with E-state index in [0.29, 0.717) is 18.1 Å². The van der Waals surface area contributed by atoms with Gasteiger partial charge >= 0.3 is 6.03 Å². The fraction of sp³-hybridized carbons (Fsp3) is 0.350. The van der Waals surface area contributed by atoms with Crippen LogP contribution in [0.4, 0.5) is 16.2 Å². The molecule has 2 aromatic carbocycles. The van der Waals surface area contributed by atoms with E-state index in [1.54, 1.807) is 12.1 Å². The van der Waals surface area contributed by atoms with E-state index >= 15 is 0 Å². The van der Waals surface area contributed by atoms with Crippen LogP contribution in [0.1, 0.15) is 16.7 Å². The lowest BCUT2D eigenvalue weighted by Crippen LogP contribution is -2.50. The molecule has 0 unspecified atom stereocenters. The molecule has 132 valence electrons. The Morgan fingerprint density at radius 1 is 1.00 bits per heavy atom. The van der Waals surface area contributed by atoms with Gasteiger partial charge in [0.1, 0.15) is 0 Å². The third-order valence-electron chi connectivity index (χ3n) is 4.59. The second-order valence-corrected chi connectivity index (χ2v) is 7.10. The lowest BCUT2D eigenvalue weighted by atomic mass is 10.0. The molecular weight excluding hydrogens is 334 g/mol. The van der Waals surface area contributed by atoms with Crippen molar-refractivity contribution in [2.45, 2.75) is 20.8 Å². The highest BCUT2D eigenvalue weighted by molar-refractivity contribution is 6.30. The van der Waals surface area contributed by atoms with Crippen molar-refractivity contribution in [1.82, 2.24) is 4.90 Å². The fourth-order valence-corrected chi connectivity index (χ4v) is 3.76. The highest BCUT2D eigenvalue weighted by Crippen LogP contribution is 2.27. The van der Waals surface area contributed by atoms with Gasteiger partial charge in [-0.2, -0.15) is 0 Å². The first-order chi connectivity index (χ1) is 11.9. The molecule has 25 heavy (non-hydrogen) atoms. The van der Waals surface area contributed by atoms with Crippen molar-refractivity contribution in [2.75, 3.05) is 36.4 Å². The van der Waals surface area contributed by atoms with E-state index in [1.165, 1.54) is 22.4 Å². The minimum absolute atomic E-state index is 0.0701. The summed E-state index contributed by atoms with van der Waals surface area (Å²) in [6, 6.07) is 11.6. The average molecular weight is 358 g/mol. The number of benzene rings is 2. The molecular formula is C20H24ClN3O. The first-order valence-corrected chi connectivity index (χ1v) is 8.96. The molecule has 0 bridgehead atoms. The molecule has 5 heteroatoms. The molecule has 0 saturated carbocycles. The molecule has 1 fully saturated rings. The number of amides is 2. The lowest BCUT2D eigenvalue weighted by Gasteiger charge is -2.37. The lowest BCUT2D eigenvalue weighted by molar-refractivity contribution is 0.208. The van der Waals surface area contributed by atoms with Crippen molar-refractivity contribution in [3.05, 3.63) is 58.1 Å². The van der Waals surface area contributed by atoms with Crippen molar-refractivity contribution in [3.8, 4) is 0 Å². The predicted octanol–water partition coefficient (Wildman–Crippen LogP) is 4.62. The summed E-state index contributed by atoms with van der Waals surface area (Å²) in [5.41, 5.74) is 5.92. The van der Waals surface area contributed by atoms with E-state index in [9.17, 15) is 4.79 Å². The molecule has 0 aliphatic carbocycles. The third-order valence-corrected chi connectivity index (χ3v) is 4.83. The van der Waals surface area contributed by atoms with E-state index in [4.69, 9.17) is 11.6 Å². The highest BCUT2D eigenvalue weighted by atomic mass is 35.5. The maximum Gasteiger partial charge on any atom is 0.321 e. The van der Waals surface area contributed by atoms with Gasteiger partial charge in [-0.05, 0) is 50.1 Å². The Bertz CT molecular complexity index is 759. The molecule has 1 N–H and O–H groups in total. The van der Waals surface area contributed by atoms with Crippen LogP contribution in [0, 0.1) is 20.8 Å². The maximum absolute atomic E-state index is 12.5. The van der Waals surface area contributed by atoms with Crippen LogP contribution in [0.15, 0.2) is 36.4 Å². The van der Waals surface area contributed by atoms with E-state index in [2.05, 4.69) is 43.1 Å². The number of urea groups is 1. The summed E-state index contributed by atoms with van der Waals surface area (Å²) in [4.78, 5) is 16.7. The van der Waals surface area contributed by atoms with Crippen molar-refractivity contribution in [2.24, 2.45) is 0 Å². The number of carbonyl (C=O) groups is 1. The Kier molecular flexibility index (Phi) is 5.19. The number of carbonyl (C=O) groups excluding carboxylic acids is 1. The van der Waals surface area contributed by atoms with Crippen LogP contribution in [0.2, 0.25) is 5.02 Å². The molecule has 0 spiro atoms. The first kappa shape index (κ1) is 17.6. The van der Waals surface area contributed by atoms with Gasteiger partial charge in [-0.1, -0.05) is 35.4 Å². The summed E-state index contributed by atoms with van der Waals surface area (Å²) >= 11 is 5.97. The molecule has 1 saturated heterocycles. The Morgan fingerprint density at radius 2 is 1.64 bits per heavy atom. The number of nitrogens with zero attached hydrogens (tertiary/aromatic N) is 2. The Morgan fingerprint density at radius 3 is 2.24 bits per heavy atom. The van der Waals surface area contributed by atoms with E-state index in [-0.39, 0.29) is 6.03 Å². The van der Waals surface area contributed by atoms with Gasteiger partial charge in [0, 0.05) is 42.6 Å². The number of hydrogen-bond donors (Lipinski definition) is 1. The zero-order valence-electron chi connectivity index (χ0n) is 15.0. The van der Waals surface area contributed by atoms with Gasteiger partial charge in [0.05, 0.1) is 0 Å². The summed E-state index contributed by atoms with van der Waals surface area (Å²) in [5.74, 6) is 0. The second-order valence-electron chi connectivity index (χ2n) is 6.66. The van der Waals surface area contributed by atoms with Crippen molar-refractivity contribution >= 4 is 29.0 Å². The van der Waals surface area contributed by atoms with Gasteiger partial charge in [-0.15, -0.1) is 0 Å². The van der Waals surface area contributed by atoms with Crippen molar-refractivity contribution in [1.29, 1.82) is 0 Å². The highest BCUT2D eigenvalue weighted by Gasteiger charge is 2.23. The second kappa shape index (κ2) is 7.36. The van der Waals surface area contributed by atoms with Crippen LogP contribution in [0.5, 0.6) is 0 Å². The summed E-state index contributed by atoms with van der Waals surface area (Å²) in [5, 5.41) is 3.54. The van der Waals surface area contributed by atoms with Crippen LogP contribution in [0.25, 0.3) is 0 Å². The smallest absolute Gasteiger partial charge is 0.321 e. The number of aryl methyl sites for hydroxylation is 3. The van der Waals surface area contributed by atoms with Gasteiger partial charge < -0.3 is 15.1 Å². The monoisotopic (exact) mass is 357 g/mol. The molecule has 1 aliphatic heterocycles. The molecule has 0 aromatic heterocycles. The zero-order chi connectivity index (χ0) is 18.0. The minimum atomic E-state index is -0.0701. The quantitative estimate of drug-likeness (QED) is 0.851. The number of piperazine rings is 1. The van der Waals surface area contributed by atoms with Crippen molar-refractivity contribution in [3.63, 3.8) is 0 Å². The molecule has 0 atom stereocenters. The van der Waals surface area contributed by atoms with E-state index in [0.717, 1.165) is 18.8 Å². The number of rotatable bonds is 2. The van der Waals surface area contributed by atoms with E-state index in [1.807, 2.05) is 17.0 Å². The average Bonchev–Trinajstić information content (AvgIpc) is 2.54. The van der Waals surface area contributed by atoms with Crippen LogP contribution in [-0.2, 0) is 0 Å². The van der Waals surface area contributed by atoms with E-state index < -0.39 is 0 Å². The predicted molar refractivity (Wildman–Crippen MR) is 105 cm³/mol. The van der Waals surface area contributed by atoms with Gasteiger partial charge in [0.2, 0.25) is 0 Å². The maximum atomic E-state index is 12.5. The van der Waals surface area contributed by atoms with Gasteiger partial charge in [-0.3, -0.25) is 0 Å². The first-order valence-electron chi connectivity index (χ1n) is 8.58.